The molecule has 0 unspecified atom stereocenters. The van der Waals surface area contributed by atoms with Gasteiger partial charge in [-0.05, 0) is 47.9 Å². The molecular weight excluding hydrogens is 322 g/mol. The number of hydrogen-bond donors (Lipinski definition) is 2. The molecule has 0 aromatic heterocycles. The van der Waals surface area contributed by atoms with E-state index in [1.807, 2.05) is 24.3 Å². The van der Waals surface area contributed by atoms with E-state index in [9.17, 15) is 9.59 Å². The highest BCUT2D eigenvalue weighted by Crippen LogP contribution is 2.17. The summed E-state index contributed by atoms with van der Waals surface area (Å²) in [7, 11) is 1.52. The molecule has 0 atom stereocenters. The van der Waals surface area contributed by atoms with Crippen molar-refractivity contribution in [3.05, 3.63) is 59.2 Å². The van der Waals surface area contributed by atoms with Crippen LogP contribution in [0.25, 0.3) is 0 Å². The molecule has 0 aliphatic carbocycles. The topological polar surface area (TPSA) is 84.9 Å². The first-order valence-electron chi connectivity index (χ1n) is 7.89. The molecule has 2 aromatic carbocycles. The molecule has 0 fully saturated rings. The van der Waals surface area contributed by atoms with Gasteiger partial charge >= 0.3 is 5.97 Å². The van der Waals surface area contributed by atoms with E-state index in [-0.39, 0.29) is 24.7 Å². The molecule has 0 bridgehead atoms. The van der Waals surface area contributed by atoms with E-state index in [2.05, 4.69) is 12.2 Å². The molecule has 0 saturated heterocycles. The van der Waals surface area contributed by atoms with E-state index < -0.39 is 5.97 Å². The first kappa shape index (κ1) is 18.5. The number of rotatable bonds is 8. The zero-order valence-electron chi connectivity index (χ0n) is 14.2. The predicted octanol–water partition coefficient (Wildman–Crippen LogP) is 3.11. The fourth-order valence-corrected chi connectivity index (χ4v) is 2.30. The zero-order valence-corrected chi connectivity index (χ0v) is 14.2. The van der Waals surface area contributed by atoms with Gasteiger partial charge in [-0.15, -0.1) is 0 Å². The number of carbonyl (C=O) groups excluding carboxylic acids is 1. The average Bonchev–Trinajstić information content (AvgIpc) is 2.60. The standard InChI is InChI=1S/C19H21NO5/c1-3-13-4-6-17(7-5-13)25-12-18(21)20-16-9-14(11-24-2)8-15(10-16)19(22)23/h4-10H,3,11-12H2,1-2H3,(H,20,21)(H,22,23). The van der Waals surface area contributed by atoms with Crippen molar-refractivity contribution in [1.82, 2.24) is 0 Å². The third-order valence-electron chi connectivity index (χ3n) is 3.54. The van der Waals surface area contributed by atoms with Crippen molar-refractivity contribution < 1.29 is 24.2 Å². The third kappa shape index (κ3) is 5.61. The van der Waals surface area contributed by atoms with E-state index in [1.54, 1.807) is 6.07 Å². The monoisotopic (exact) mass is 343 g/mol. The number of carbonyl (C=O) groups is 2. The molecule has 0 aliphatic heterocycles. The van der Waals surface area contributed by atoms with E-state index in [0.29, 0.717) is 17.0 Å². The lowest BCUT2D eigenvalue weighted by molar-refractivity contribution is -0.118. The maximum absolute atomic E-state index is 12.0. The van der Waals surface area contributed by atoms with Crippen molar-refractivity contribution in [2.75, 3.05) is 19.0 Å². The Hall–Kier alpha value is -2.86. The van der Waals surface area contributed by atoms with Crippen molar-refractivity contribution in [3.63, 3.8) is 0 Å². The van der Waals surface area contributed by atoms with E-state index in [1.165, 1.54) is 24.8 Å². The second-order valence-electron chi connectivity index (χ2n) is 5.49. The first-order valence-corrected chi connectivity index (χ1v) is 7.89. The van der Waals surface area contributed by atoms with Crippen LogP contribution in [-0.4, -0.2) is 30.7 Å². The Labute approximate surface area is 146 Å². The summed E-state index contributed by atoms with van der Waals surface area (Å²) in [5, 5.41) is 11.8. The van der Waals surface area contributed by atoms with Crippen molar-refractivity contribution in [1.29, 1.82) is 0 Å². The average molecular weight is 343 g/mol. The number of carboxylic acid groups (broad SMARTS) is 1. The van der Waals surface area contributed by atoms with Crippen LogP contribution in [0.2, 0.25) is 0 Å². The molecule has 25 heavy (non-hydrogen) atoms. The summed E-state index contributed by atoms with van der Waals surface area (Å²) < 4.78 is 10.5. The van der Waals surface area contributed by atoms with Gasteiger partial charge in [-0.25, -0.2) is 4.79 Å². The van der Waals surface area contributed by atoms with Crippen LogP contribution < -0.4 is 10.1 Å². The Morgan fingerprint density at radius 1 is 1.08 bits per heavy atom. The number of carboxylic acids is 1. The van der Waals surface area contributed by atoms with Crippen LogP contribution in [0, 0.1) is 0 Å². The van der Waals surface area contributed by atoms with Gasteiger partial charge in [-0.3, -0.25) is 4.79 Å². The van der Waals surface area contributed by atoms with Gasteiger partial charge in [0.05, 0.1) is 12.2 Å². The fraction of sp³-hybridized carbons (Fsp3) is 0.263. The number of anilines is 1. The van der Waals surface area contributed by atoms with Crippen LogP contribution in [0.3, 0.4) is 0 Å². The van der Waals surface area contributed by atoms with Gasteiger partial charge in [0.25, 0.3) is 5.91 Å². The van der Waals surface area contributed by atoms with Gasteiger partial charge < -0.3 is 19.9 Å². The molecule has 0 radical (unpaired) electrons. The number of methoxy groups -OCH3 is 1. The van der Waals surface area contributed by atoms with Gasteiger partial charge in [-0.2, -0.15) is 0 Å². The lowest BCUT2D eigenvalue weighted by Gasteiger charge is -2.10. The fourth-order valence-electron chi connectivity index (χ4n) is 2.30. The van der Waals surface area contributed by atoms with Gasteiger partial charge in [0, 0.05) is 12.8 Å². The summed E-state index contributed by atoms with van der Waals surface area (Å²) in [6, 6.07) is 12.1. The van der Waals surface area contributed by atoms with Gasteiger partial charge in [0.1, 0.15) is 5.75 Å². The number of amides is 1. The summed E-state index contributed by atoms with van der Waals surface area (Å²) in [4.78, 5) is 23.2. The highest BCUT2D eigenvalue weighted by Gasteiger charge is 2.10. The minimum absolute atomic E-state index is 0.0842. The lowest BCUT2D eigenvalue weighted by atomic mass is 10.1. The van der Waals surface area contributed by atoms with Gasteiger partial charge in [0.15, 0.2) is 6.61 Å². The number of aromatic carboxylic acids is 1. The Morgan fingerprint density at radius 2 is 1.80 bits per heavy atom. The van der Waals surface area contributed by atoms with E-state index in [4.69, 9.17) is 14.6 Å². The first-order chi connectivity index (χ1) is 12.0. The molecule has 2 rings (SSSR count). The van der Waals surface area contributed by atoms with Crippen molar-refractivity contribution >= 4 is 17.6 Å². The quantitative estimate of drug-likeness (QED) is 0.769. The summed E-state index contributed by atoms with van der Waals surface area (Å²) in [6.07, 6.45) is 0.935. The molecule has 0 heterocycles. The SMILES string of the molecule is CCc1ccc(OCC(=O)Nc2cc(COC)cc(C(=O)O)c2)cc1. The molecule has 0 aliphatic rings. The zero-order chi connectivity index (χ0) is 18.2. The van der Waals surface area contributed by atoms with Crippen molar-refractivity contribution in [2.45, 2.75) is 20.0 Å². The summed E-state index contributed by atoms with van der Waals surface area (Å²) in [5.41, 5.74) is 2.32. The Balaban J connectivity index is 1.99. The molecule has 2 N–H and O–H groups in total. The molecule has 6 heteroatoms. The summed E-state index contributed by atoms with van der Waals surface area (Å²) in [5.74, 6) is -0.835. The minimum Gasteiger partial charge on any atom is -0.484 e. The minimum atomic E-state index is -1.07. The number of ether oxygens (including phenoxy) is 2. The summed E-state index contributed by atoms with van der Waals surface area (Å²) in [6.45, 7) is 2.15. The molecular formula is C19H21NO5. The highest BCUT2D eigenvalue weighted by atomic mass is 16.5. The van der Waals surface area contributed by atoms with Gasteiger partial charge in [-0.1, -0.05) is 19.1 Å². The van der Waals surface area contributed by atoms with E-state index in [0.717, 1.165) is 6.42 Å². The third-order valence-corrected chi connectivity index (χ3v) is 3.54. The number of benzene rings is 2. The molecule has 1 amide bonds. The largest absolute Gasteiger partial charge is 0.484 e. The number of nitrogens with one attached hydrogen (secondary N) is 1. The highest BCUT2D eigenvalue weighted by molar-refractivity contribution is 5.94. The van der Waals surface area contributed by atoms with Crippen LogP contribution in [0.1, 0.15) is 28.4 Å². The molecule has 6 nitrogen and oxygen atoms in total. The predicted molar refractivity (Wildman–Crippen MR) is 94.1 cm³/mol. The maximum Gasteiger partial charge on any atom is 0.335 e. The Morgan fingerprint density at radius 3 is 2.40 bits per heavy atom. The lowest BCUT2D eigenvalue weighted by Crippen LogP contribution is -2.20. The van der Waals surface area contributed by atoms with Crippen LogP contribution >= 0.6 is 0 Å². The molecule has 2 aromatic rings. The second-order valence-corrected chi connectivity index (χ2v) is 5.49. The van der Waals surface area contributed by atoms with Crippen LogP contribution in [-0.2, 0) is 22.6 Å². The summed E-state index contributed by atoms with van der Waals surface area (Å²) >= 11 is 0. The Bertz CT molecular complexity index is 740. The van der Waals surface area contributed by atoms with Crippen LogP contribution in [0.4, 0.5) is 5.69 Å². The maximum atomic E-state index is 12.0. The normalized spacial score (nSPS) is 10.3. The van der Waals surface area contributed by atoms with E-state index >= 15 is 0 Å². The van der Waals surface area contributed by atoms with Crippen molar-refractivity contribution in [3.8, 4) is 5.75 Å². The molecule has 0 saturated carbocycles. The van der Waals surface area contributed by atoms with Crippen LogP contribution in [0.15, 0.2) is 42.5 Å². The number of hydrogen-bond acceptors (Lipinski definition) is 4. The number of aryl methyl sites for hydroxylation is 1. The Kier molecular flexibility index (Phi) is 6.54. The molecule has 132 valence electrons. The van der Waals surface area contributed by atoms with Gasteiger partial charge in [0.2, 0.25) is 0 Å². The second kappa shape index (κ2) is 8.84. The molecule has 0 spiro atoms. The van der Waals surface area contributed by atoms with Crippen molar-refractivity contribution in [2.24, 2.45) is 0 Å². The van der Waals surface area contributed by atoms with Crippen LogP contribution in [0.5, 0.6) is 5.75 Å². The smallest absolute Gasteiger partial charge is 0.335 e.